The highest BCUT2D eigenvalue weighted by atomic mass is 32.1. The third-order valence-electron chi connectivity index (χ3n) is 4.12. The summed E-state index contributed by atoms with van der Waals surface area (Å²) in [6.07, 6.45) is -5.15. The first-order chi connectivity index (χ1) is 12.0. The van der Waals surface area contributed by atoms with E-state index in [1.165, 1.54) is 6.92 Å². The van der Waals surface area contributed by atoms with Gasteiger partial charge in [-0.25, -0.2) is 0 Å². The number of carbonyl (C=O) groups is 1. The lowest BCUT2D eigenvalue weighted by Gasteiger charge is -2.45. The maximum atomic E-state index is 13.6. The third kappa shape index (κ3) is 3.70. The van der Waals surface area contributed by atoms with Gasteiger partial charge in [-0.15, -0.1) is 0 Å². The van der Waals surface area contributed by atoms with E-state index in [2.05, 4.69) is 5.32 Å². The third-order valence-corrected chi connectivity index (χ3v) is 4.34. The zero-order valence-electron chi connectivity index (χ0n) is 14.4. The monoisotopic (exact) mass is 391 g/mol. The van der Waals surface area contributed by atoms with Crippen LogP contribution in [0, 0.1) is 5.92 Å². The van der Waals surface area contributed by atoms with Crippen molar-refractivity contribution < 1.29 is 27.8 Å². The number of rotatable bonds is 4. The Balaban J connectivity index is 2.52. The average Bonchev–Trinajstić information content (AvgIpc) is 2.53. The molecule has 144 valence electrons. The van der Waals surface area contributed by atoms with Crippen LogP contribution in [0.3, 0.4) is 0 Å². The van der Waals surface area contributed by atoms with Crippen molar-refractivity contribution in [2.75, 3.05) is 25.6 Å². The van der Waals surface area contributed by atoms with Crippen LogP contribution in [0.5, 0.6) is 0 Å². The Morgan fingerprint density at radius 2 is 1.92 bits per heavy atom. The van der Waals surface area contributed by atoms with Gasteiger partial charge in [0.15, 0.2) is 5.11 Å². The van der Waals surface area contributed by atoms with Crippen LogP contribution in [0.2, 0.25) is 0 Å². The molecule has 0 amide bonds. The van der Waals surface area contributed by atoms with E-state index in [1.807, 2.05) is 19.0 Å². The van der Waals surface area contributed by atoms with E-state index in [1.54, 1.807) is 29.6 Å². The number of halogens is 3. The molecule has 3 atom stereocenters. The van der Waals surface area contributed by atoms with Gasteiger partial charge in [-0.3, -0.25) is 4.79 Å². The molecule has 6 nitrogen and oxygen atoms in total. The van der Waals surface area contributed by atoms with Crippen LogP contribution in [0.4, 0.5) is 18.9 Å². The molecule has 0 aliphatic carbocycles. The average molecular weight is 391 g/mol. The lowest BCUT2D eigenvalue weighted by Crippen LogP contribution is -2.73. The highest BCUT2D eigenvalue weighted by Gasteiger charge is 2.66. The number of aliphatic hydroxyl groups is 1. The Hall–Kier alpha value is -2.07. The van der Waals surface area contributed by atoms with Gasteiger partial charge in [0.1, 0.15) is 5.92 Å². The van der Waals surface area contributed by atoms with Crippen molar-refractivity contribution in [2.45, 2.75) is 24.9 Å². The molecule has 1 aromatic rings. The zero-order valence-corrected chi connectivity index (χ0v) is 15.2. The Bertz CT molecular complexity index is 682. The van der Waals surface area contributed by atoms with E-state index in [9.17, 15) is 23.1 Å². The molecule has 1 saturated heterocycles. The van der Waals surface area contributed by atoms with Crippen LogP contribution >= 0.6 is 12.2 Å². The van der Waals surface area contributed by atoms with Gasteiger partial charge in [0.25, 0.3) is 5.72 Å². The second-order valence-electron chi connectivity index (χ2n) is 6.06. The van der Waals surface area contributed by atoms with Crippen LogP contribution in [0.25, 0.3) is 0 Å². The predicted molar refractivity (Wildman–Crippen MR) is 93.5 cm³/mol. The van der Waals surface area contributed by atoms with Crippen LogP contribution in [0.1, 0.15) is 18.5 Å². The van der Waals surface area contributed by atoms with E-state index in [0.717, 1.165) is 5.69 Å². The quantitative estimate of drug-likeness (QED) is 0.533. The number of benzene rings is 1. The maximum Gasteiger partial charge on any atom is 0.437 e. The number of anilines is 1. The second kappa shape index (κ2) is 7.28. The van der Waals surface area contributed by atoms with Crippen molar-refractivity contribution >= 4 is 29.0 Å². The molecule has 0 bridgehead atoms. The number of ether oxygens (including phenoxy) is 1. The molecular formula is C16H20F3N3O3S. The molecule has 10 heteroatoms. The van der Waals surface area contributed by atoms with Crippen LogP contribution < -0.4 is 15.5 Å². The smallest absolute Gasteiger partial charge is 0.437 e. The fourth-order valence-electron chi connectivity index (χ4n) is 2.79. The highest BCUT2D eigenvalue weighted by molar-refractivity contribution is 7.80. The number of thiocarbonyl (C=S) groups is 1. The number of nitrogens with zero attached hydrogens (tertiary/aromatic N) is 1. The van der Waals surface area contributed by atoms with Crippen LogP contribution in [0.15, 0.2) is 24.3 Å². The number of hydrogen-bond donors (Lipinski definition) is 3. The van der Waals surface area contributed by atoms with Gasteiger partial charge in [0.2, 0.25) is 0 Å². The standard InChI is InChI=1S/C16H20F3N3O3S/c1-4-25-13(23)11-12(9-5-7-10(8-6-9)22(2)3)20-14(26)21-15(11,24)16(17,18)19/h5-8,11-12,24H,4H2,1-3H3,(H2,20,21,26)/t11-,12+,15+/m1/s1. The van der Waals surface area contributed by atoms with E-state index in [0.29, 0.717) is 5.56 Å². The Labute approximate surface area is 154 Å². The van der Waals surface area contributed by atoms with E-state index in [4.69, 9.17) is 17.0 Å². The lowest BCUT2D eigenvalue weighted by molar-refractivity contribution is -0.292. The van der Waals surface area contributed by atoms with E-state index in [-0.39, 0.29) is 6.61 Å². The molecule has 1 fully saturated rings. The molecule has 1 aliphatic rings. The second-order valence-corrected chi connectivity index (χ2v) is 6.46. The summed E-state index contributed by atoms with van der Waals surface area (Å²) in [6.45, 7) is 1.35. The van der Waals surface area contributed by atoms with Crippen molar-refractivity contribution in [3.05, 3.63) is 29.8 Å². The molecule has 0 radical (unpaired) electrons. The van der Waals surface area contributed by atoms with Crippen molar-refractivity contribution in [2.24, 2.45) is 5.92 Å². The largest absolute Gasteiger partial charge is 0.466 e. The Morgan fingerprint density at radius 3 is 2.38 bits per heavy atom. The SMILES string of the molecule is CCOC(=O)[C@H]1[C@H](c2ccc(N(C)C)cc2)NC(=S)N[C@@]1(O)C(F)(F)F. The summed E-state index contributed by atoms with van der Waals surface area (Å²) in [6, 6.07) is 5.31. The van der Waals surface area contributed by atoms with Crippen molar-refractivity contribution in [3.8, 4) is 0 Å². The molecule has 1 aliphatic heterocycles. The van der Waals surface area contributed by atoms with Gasteiger partial charge in [-0.2, -0.15) is 13.2 Å². The minimum Gasteiger partial charge on any atom is -0.466 e. The van der Waals surface area contributed by atoms with Gasteiger partial charge in [0.05, 0.1) is 12.6 Å². The van der Waals surface area contributed by atoms with Crippen molar-refractivity contribution in [3.63, 3.8) is 0 Å². The summed E-state index contributed by atoms with van der Waals surface area (Å²) in [5, 5.41) is 14.4. The first kappa shape index (κ1) is 20.2. The highest BCUT2D eigenvalue weighted by Crippen LogP contribution is 2.43. The van der Waals surface area contributed by atoms with Gasteiger partial charge in [0, 0.05) is 19.8 Å². The summed E-state index contributed by atoms with van der Waals surface area (Å²) < 4.78 is 45.6. The Kier molecular flexibility index (Phi) is 5.67. The fraction of sp³-hybridized carbons (Fsp3) is 0.500. The molecule has 0 unspecified atom stereocenters. The summed E-state index contributed by atoms with van der Waals surface area (Å²) in [5.74, 6) is -3.17. The molecule has 1 heterocycles. The van der Waals surface area contributed by atoms with Gasteiger partial charge in [-0.05, 0) is 36.8 Å². The summed E-state index contributed by atoms with van der Waals surface area (Å²) >= 11 is 4.83. The summed E-state index contributed by atoms with van der Waals surface area (Å²) in [4.78, 5) is 14.1. The molecule has 0 saturated carbocycles. The number of carbonyl (C=O) groups excluding carboxylic acids is 1. The normalized spacial score (nSPS) is 25.9. The van der Waals surface area contributed by atoms with Crippen molar-refractivity contribution in [1.82, 2.24) is 10.6 Å². The minimum absolute atomic E-state index is 0.125. The zero-order chi connectivity index (χ0) is 19.7. The van der Waals surface area contributed by atoms with E-state index >= 15 is 0 Å². The molecule has 1 aromatic carbocycles. The topological polar surface area (TPSA) is 73.8 Å². The number of hydrogen-bond acceptors (Lipinski definition) is 5. The van der Waals surface area contributed by atoms with Crippen LogP contribution in [-0.4, -0.2) is 48.8 Å². The molecule has 0 spiro atoms. The summed E-state index contributed by atoms with van der Waals surface area (Å²) in [5.41, 5.74) is -2.36. The maximum absolute atomic E-state index is 13.6. The molecule has 26 heavy (non-hydrogen) atoms. The summed E-state index contributed by atoms with van der Waals surface area (Å²) in [7, 11) is 3.63. The van der Waals surface area contributed by atoms with Gasteiger partial charge >= 0.3 is 12.1 Å². The number of alkyl halides is 3. The van der Waals surface area contributed by atoms with E-state index < -0.39 is 34.9 Å². The van der Waals surface area contributed by atoms with Crippen LogP contribution in [-0.2, 0) is 9.53 Å². The Morgan fingerprint density at radius 1 is 1.35 bits per heavy atom. The predicted octanol–water partition coefficient (Wildman–Crippen LogP) is 1.70. The van der Waals surface area contributed by atoms with Crippen molar-refractivity contribution in [1.29, 1.82) is 0 Å². The molecule has 0 aromatic heterocycles. The molecular weight excluding hydrogens is 371 g/mol. The lowest BCUT2D eigenvalue weighted by atomic mass is 9.82. The van der Waals surface area contributed by atoms with Gasteiger partial charge in [-0.1, -0.05) is 12.1 Å². The number of esters is 1. The fourth-order valence-corrected chi connectivity index (χ4v) is 3.08. The molecule has 3 N–H and O–H groups in total. The van der Waals surface area contributed by atoms with Gasteiger partial charge < -0.3 is 25.4 Å². The first-order valence-corrected chi connectivity index (χ1v) is 8.23. The molecule has 2 rings (SSSR count). The minimum atomic E-state index is -5.15. The first-order valence-electron chi connectivity index (χ1n) is 7.83. The number of nitrogens with one attached hydrogen (secondary N) is 2.